The van der Waals surface area contributed by atoms with E-state index in [1.807, 2.05) is 18.2 Å². The van der Waals surface area contributed by atoms with E-state index in [4.69, 9.17) is 19.9 Å². The van der Waals surface area contributed by atoms with E-state index in [1.165, 1.54) is 21.4 Å². The third-order valence-corrected chi connectivity index (χ3v) is 7.75. The topological polar surface area (TPSA) is 195 Å². The van der Waals surface area contributed by atoms with Gasteiger partial charge in [0.2, 0.25) is 11.8 Å². The van der Waals surface area contributed by atoms with E-state index in [0.717, 1.165) is 29.5 Å². The van der Waals surface area contributed by atoms with Crippen LogP contribution in [0.5, 0.6) is 0 Å². The van der Waals surface area contributed by atoms with Gasteiger partial charge in [0.25, 0.3) is 0 Å². The van der Waals surface area contributed by atoms with E-state index in [9.17, 15) is 24.3 Å². The summed E-state index contributed by atoms with van der Waals surface area (Å²) in [6.07, 6.45) is 7.00. The molecule has 0 bridgehead atoms. The summed E-state index contributed by atoms with van der Waals surface area (Å²) in [6, 6.07) is 6.54. The molecule has 4 heterocycles. The van der Waals surface area contributed by atoms with Crippen LogP contribution in [0.1, 0.15) is 41.2 Å². The molecule has 5 rings (SSSR count). The van der Waals surface area contributed by atoms with E-state index >= 15 is 0 Å². The van der Waals surface area contributed by atoms with Crippen molar-refractivity contribution >= 4 is 34.6 Å². The maximum Gasteiger partial charge on any atom is 0.339 e. The number of aromatic carboxylic acids is 1. The molecular formula is C31H37N7O8. The molecule has 0 spiro atoms. The second kappa shape index (κ2) is 14.9. The number of amides is 2. The monoisotopic (exact) mass is 635 g/mol. The van der Waals surface area contributed by atoms with Gasteiger partial charge in [0.15, 0.2) is 0 Å². The van der Waals surface area contributed by atoms with Crippen molar-refractivity contribution in [2.45, 2.75) is 38.3 Å². The lowest BCUT2D eigenvalue weighted by Gasteiger charge is -2.21. The molecule has 1 aromatic carbocycles. The number of imidazole rings is 1. The molecule has 15 heteroatoms. The minimum Gasteiger partial charge on any atom is -0.478 e. The number of fused-ring (bicyclic) bond motifs is 1. The molecule has 46 heavy (non-hydrogen) atoms. The van der Waals surface area contributed by atoms with Gasteiger partial charge in [-0.05, 0) is 43.0 Å². The summed E-state index contributed by atoms with van der Waals surface area (Å²) in [5.74, 6) is -1.93. The fourth-order valence-corrected chi connectivity index (χ4v) is 5.31. The second-order valence-corrected chi connectivity index (χ2v) is 10.9. The maximum atomic E-state index is 12.9. The molecular weight excluding hydrogens is 598 g/mol. The number of rotatable bonds is 16. The number of aromatic nitrogens is 5. The first kappa shape index (κ1) is 32.5. The Morgan fingerprint density at radius 2 is 1.74 bits per heavy atom. The summed E-state index contributed by atoms with van der Waals surface area (Å²) in [7, 11) is 1.68. The van der Waals surface area contributed by atoms with Crippen molar-refractivity contribution < 1.29 is 33.7 Å². The zero-order valence-corrected chi connectivity index (χ0v) is 25.5. The number of piperidine rings is 1. The third kappa shape index (κ3) is 7.67. The fraction of sp³-hybridized carbons (Fsp3) is 0.419. The van der Waals surface area contributed by atoms with Crippen molar-refractivity contribution in [3.05, 3.63) is 64.5 Å². The lowest BCUT2D eigenvalue weighted by molar-refractivity contribution is -0.135. The summed E-state index contributed by atoms with van der Waals surface area (Å²) in [5.41, 5.74) is 9.10. The number of aryl methyl sites for hydroxylation is 2. The van der Waals surface area contributed by atoms with Crippen LogP contribution < -0.4 is 16.7 Å². The number of pyridine rings is 1. The van der Waals surface area contributed by atoms with E-state index < -0.39 is 17.9 Å². The smallest absolute Gasteiger partial charge is 0.339 e. The van der Waals surface area contributed by atoms with E-state index in [0.29, 0.717) is 63.7 Å². The van der Waals surface area contributed by atoms with Gasteiger partial charge in [0.1, 0.15) is 17.4 Å². The van der Waals surface area contributed by atoms with Crippen LogP contribution in [0.15, 0.2) is 47.7 Å². The molecule has 0 radical (unpaired) electrons. The number of hydrogen-bond donors (Lipinski definition) is 3. The third-order valence-electron chi connectivity index (χ3n) is 7.75. The predicted octanol–water partition coefficient (Wildman–Crippen LogP) is 1.54. The number of nitrogen functional groups attached to an aromatic ring is 1. The zero-order chi connectivity index (χ0) is 32.6. The summed E-state index contributed by atoms with van der Waals surface area (Å²) in [6.45, 7) is 3.27. The Kier molecular flexibility index (Phi) is 10.6. The first-order chi connectivity index (χ1) is 22.2. The standard InChI is InChI=1S/C31H37N7O8/c1-36-26-15-20(4-5-24(26)38(31(36)43)25-6-7-27(39)35-29(25)40)3-2-9-44-11-13-46-14-12-45-10-8-37-19-22(18-34-37)21-16-23(30(41)42)28(32)33-17-21/h4-5,15-19,25H,2-3,6-14H2,1H3,(H2,32,33)(H,41,42)(H,35,39,40). The molecule has 3 aromatic heterocycles. The number of benzene rings is 1. The number of imide groups is 1. The highest BCUT2D eigenvalue weighted by Crippen LogP contribution is 2.24. The first-order valence-electron chi connectivity index (χ1n) is 15.0. The van der Waals surface area contributed by atoms with Crippen molar-refractivity contribution in [3.8, 4) is 11.1 Å². The van der Waals surface area contributed by atoms with Crippen LogP contribution >= 0.6 is 0 Å². The van der Waals surface area contributed by atoms with Crippen LogP contribution in [0.3, 0.4) is 0 Å². The lowest BCUT2D eigenvalue weighted by Crippen LogP contribution is -2.44. The van der Waals surface area contributed by atoms with Gasteiger partial charge in [0.05, 0.1) is 56.8 Å². The molecule has 4 aromatic rings. The Morgan fingerprint density at radius 1 is 1.00 bits per heavy atom. The highest BCUT2D eigenvalue weighted by molar-refractivity contribution is 6.00. The number of carboxylic acids is 1. The summed E-state index contributed by atoms with van der Waals surface area (Å²) in [5, 5.41) is 15.8. The average molecular weight is 636 g/mol. The van der Waals surface area contributed by atoms with Crippen molar-refractivity contribution in [3.63, 3.8) is 0 Å². The number of ether oxygens (including phenoxy) is 3. The Morgan fingerprint density at radius 3 is 2.48 bits per heavy atom. The zero-order valence-electron chi connectivity index (χ0n) is 25.5. The molecule has 0 aliphatic carbocycles. The molecule has 0 saturated carbocycles. The SMILES string of the molecule is Cn1c(=O)n(C2CCC(=O)NC2=O)c2ccc(CCCOCCOCCOCCn3cc(-c4cnc(N)c(C(=O)O)c4)cn3)cc21. The van der Waals surface area contributed by atoms with Crippen LogP contribution in [-0.4, -0.2) is 86.4 Å². The summed E-state index contributed by atoms with van der Waals surface area (Å²) >= 11 is 0. The number of carboxylic acid groups (broad SMARTS) is 1. The largest absolute Gasteiger partial charge is 0.478 e. The Hall–Kier alpha value is -4.86. The van der Waals surface area contributed by atoms with Gasteiger partial charge in [-0.3, -0.25) is 28.7 Å². The van der Waals surface area contributed by atoms with Crippen molar-refractivity contribution in [2.75, 3.05) is 45.4 Å². The highest BCUT2D eigenvalue weighted by atomic mass is 16.5. The van der Waals surface area contributed by atoms with Crippen LogP contribution in [0.25, 0.3) is 22.2 Å². The molecule has 1 aliphatic heterocycles. The average Bonchev–Trinajstić information content (AvgIpc) is 3.60. The lowest BCUT2D eigenvalue weighted by atomic mass is 10.1. The summed E-state index contributed by atoms with van der Waals surface area (Å²) < 4.78 is 21.6. The van der Waals surface area contributed by atoms with E-state index in [-0.39, 0.29) is 29.4 Å². The quantitative estimate of drug-likeness (QED) is 0.119. The molecule has 2 amide bonds. The number of anilines is 1. The van der Waals surface area contributed by atoms with E-state index in [1.54, 1.807) is 24.1 Å². The number of carbonyl (C=O) groups is 3. The normalized spacial score (nSPS) is 15.0. The van der Waals surface area contributed by atoms with Crippen LogP contribution in [0.4, 0.5) is 5.82 Å². The van der Waals surface area contributed by atoms with Crippen LogP contribution in [0, 0.1) is 0 Å². The molecule has 1 fully saturated rings. The van der Waals surface area contributed by atoms with Gasteiger partial charge in [0, 0.05) is 43.6 Å². The summed E-state index contributed by atoms with van der Waals surface area (Å²) in [4.78, 5) is 52.1. The molecule has 1 unspecified atom stereocenters. The molecule has 4 N–H and O–H groups in total. The van der Waals surface area contributed by atoms with Crippen LogP contribution in [0.2, 0.25) is 0 Å². The predicted molar refractivity (Wildman–Crippen MR) is 166 cm³/mol. The number of nitrogens with one attached hydrogen (secondary N) is 1. The van der Waals surface area contributed by atoms with Gasteiger partial charge in [-0.25, -0.2) is 14.6 Å². The van der Waals surface area contributed by atoms with Gasteiger partial charge < -0.3 is 25.1 Å². The Labute approximate surface area is 263 Å². The number of nitrogens with zero attached hydrogens (tertiary/aromatic N) is 5. The van der Waals surface area contributed by atoms with Crippen molar-refractivity contribution in [1.29, 1.82) is 0 Å². The molecule has 244 valence electrons. The Bertz CT molecular complexity index is 1780. The molecule has 1 aliphatic rings. The van der Waals surface area contributed by atoms with Gasteiger partial charge in [-0.15, -0.1) is 0 Å². The van der Waals surface area contributed by atoms with Crippen molar-refractivity contribution in [1.82, 2.24) is 29.2 Å². The van der Waals surface area contributed by atoms with Gasteiger partial charge in [-0.2, -0.15) is 5.10 Å². The molecule has 1 atom stereocenters. The maximum absolute atomic E-state index is 12.9. The minimum atomic E-state index is -1.13. The van der Waals surface area contributed by atoms with E-state index in [2.05, 4.69) is 15.4 Å². The molecule has 1 saturated heterocycles. The van der Waals surface area contributed by atoms with Gasteiger partial charge >= 0.3 is 11.7 Å². The van der Waals surface area contributed by atoms with Crippen molar-refractivity contribution in [2.24, 2.45) is 7.05 Å². The Balaban J connectivity index is 0.941. The van der Waals surface area contributed by atoms with Crippen LogP contribution in [-0.2, 0) is 43.8 Å². The minimum absolute atomic E-state index is 0.0331. The second-order valence-electron chi connectivity index (χ2n) is 10.9. The first-order valence-corrected chi connectivity index (χ1v) is 15.0. The number of hydrogen-bond acceptors (Lipinski definition) is 10. The number of carbonyl (C=O) groups excluding carboxylic acids is 2. The highest BCUT2D eigenvalue weighted by Gasteiger charge is 2.31. The molecule has 15 nitrogen and oxygen atoms in total. The van der Waals surface area contributed by atoms with Gasteiger partial charge in [-0.1, -0.05) is 6.07 Å². The fourth-order valence-electron chi connectivity index (χ4n) is 5.31. The number of nitrogens with two attached hydrogens (primary N) is 1.